The summed E-state index contributed by atoms with van der Waals surface area (Å²) in [6, 6.07) is 4.81. The molecule has 18 heavy (non-hydrogen) atoms. The van der Waals surface area contributed by atoms with E-state index in [-0.39, 0.29) is 11.1 Å². The topological polar surface area (TPSA) is 86.0 Å². The number of carboxylic acids is 1. The standard InChI is InChI=1S/C12H10O6/c1-16-7-5-3-4-6-8(12(15)17-2)10(11(13)14)18-9(6)7/h3-5H,1-2H3,(H,13,14). The second-order valence-corrected chi connectivity index (χ2v) is 3.44. The number of hydrogen-bond donors (Lipinski definition) is 1. The summed E-state index contributed by atoms with van der Waals surface area (Å²) in [4.78, 5) is 22.7. The number of furan rings is 1. The molecular weight excluding hydrogens is 240 g/mol. The lowest BCUT2D eigenvalue weighted by molar-refractivity contribution is 0.0573. The number of benzene rings is 1. The summed E-state index contributed by atoms with van der Waals surface area (Å²) in [5.74, 6) is -2.21. The van der Waals surface area contributed by atoms with Crippen LogP contribution in [0, 0.1) is 0 Å². The van der Waals surface area contributed by atoms with Crippen molar-refractivity contribution in [3.8, 4) is 5.75 Å². The molecule has 0 saturated carbocycles. The monoisotopic (exact) mass is 250 g/mol. The number of carbonyl (C=O) groups excluding carboxylic acids is 1. The van der Waals surface area contributed by atoms with Crippen LogP contribution < -0.4 is 4.74 Å². The normalized spacial score (nSPS) is 10.3. The van der Waals surface area contributed by atoms with Crippen molar-refractivity contribution in [1.29, 1.82) is 0 Å². The van der Waals surface area contributed by atoms with Gasteiger partial charge in [0.25, 0.3) is 0 Å². The van der Waals surface area contributed by atoms with Gasteiger partial charge in [-0.2, -0.15) is 0 Å². The Balaban J connectivity index is 2.83. The second kappa shape index (κ2) is 4.40. The van der Waals surface area contributed by atoms with Gasteiger partial charge in [0, 0.05) is 5.39 Å². The molecule has 0 saturated heterocycles. The van der Waals surface area contributed by atoms with Crippen LogP contribution >= 0.6 is 0 Å². The van der Waals surface area contributed by atoms with Gasteiger partial charge in [-0.05, 0) is 12.1 Å². The minimum absolute atomic E-state index is 0.112. The van der Waals surface area contributed by atoms with Gasteiger partial charge in [-0.15, -0.1) is 0 Å². The number of methoxy groups -OCH3 is 2. The molecule has 0 unspecified atom stereocenters. The molecule has 6 nitrogen and oxygen atoms in total. The molecule has 0 amide bonds. The summed E-state index contributed by atoms with van der Waals surface area (Å²) < 4.78 is 14.8. The van der Waals surface area contributed by atoms with Crippen LogP contribution in [0.1, 0.15) is 20.9 Å². The first kappa shape index (κ1) is 12.0. The lowest BCUT2D eigenvalue weighted by Crippen LogP contribution is -2.07. The molecule has 1 aromatic heterocycles. The number of ether oxygens (including phenoxy) is 2. The summed E-state index contributed by atoms with van der Waals surface area (Å²) in [5.41, 5.74) is 0.0942. The number of carboxylic acid groups (broad SMARTS) is 1. The summed E-state index contributed by atoms with van der Waals surface area (Å²) in [6.45, 7) is 0. The van der Waals surface area contributed by atoms with Gasteiger partial charge >= 0.3 is 11.9 Å². The van der Waals surface area contributed by atoms with Crippen molar-refractivity contribution in [3.63, 3.8) is 0 Å². The average Bonchev–Trinajstić information content (AvgIpc) is 2.77. The molecule has 0 aliphatic rings. The second-order valence-electron chi connectivity index (χ2n) is 3.44. The zero-order valence-corrected chi connectivity index (χ0v) is 9.72. The Morgan fingerprint density at radius 3 is 2.56 bits per heavy atom. The number of para-hydroxylation sites is 1. The largest absolute Gasteiger partial charge is 0.493 e. The van der Waals surface area contributed by atoms with E-state index >= 15 is 0 Å². The summed E-state index contributed by atoms with van der Waals surface area (Å²) in [6.07, 6.45) is 0. The van der Waals surface area contributed by atoms with Crippen molar-refractivity contribution in [1.82, 2.24) is 0 Å². The van der Waals surface area contributed by atoms with Crippen molar-refractivity contribution in [2.75, 3.05) is 14.2 Å². The minimum Gasteiger partial charge on any atom is -0.493 e. The van der Waals surface area contributed by atoms with Crippen LogP contribution in [0.4, 0.5) is 0 Å². The van der Waals surface area contributed by atoms with Crippen LogP contribution in [0.25, 0.3) is 11.0 Å². The number of aromatic carboxylic acids is 1. The molecule has 0 bridgehead atoms. The Labute approximate surface area is 102 Å². The third-order valence-corrected chi connectivity index (χ3v) is 2.48. The van der Waals surface area contributed by atoms with Gasteiger partial charge in [-0.25, -0.2) is 9.59 Å². The minimum atomic E-state index is -1.34. The molecule has 2 aromatic rings. The van der Waals surface area contributed by atoms with Gasteiger partial charge in [0.15, 0.2) is 11.3 Å². The fourth-order valence-corrected chi connectivity index (χ4v) is 1.71. The third kappa shape index (κ3) is 1.67. The van der Waals surface area contributed by atoms with Crippen molar-refractivity contribution in [2.45, 2.75) is 0 Å². The molecule has 0 spiro atoms. The van der Waals surface area contributed by atoms with Gasteiger partial charge < -0.3 is 19.0 Å². The van der Waals surface area contributed by atoms with Gasteiger partial charge in [0.2, 0.25) is 5.76 Å². The smallest absolute Gasteiger partial charge is 0.372 e. The van der Waals surface area contributed by atoms with Crippen molar-refractivity contribution >= 4 is 22.9 Å². The van der Waals surface area contributed by atoms with Crippen molar-refractivity contribution in [3.05, 3.63) is 29.5 Å². The molecule has 0 aliphatic heterocycles. The van der Waals surface area contributed by atoms with Crippen molar-refractivity contribution < 1.29 is 28.6 Å². The highest BCUT2D eigenvalue weighted by atomic mass is 16.5. The summed E-state index contributed by atoms with van der Waals surface area (Å²) in [7, 11) is 2.60. The third-order valence-electron chi connectivity index (χ3n) is 2.48. The highest BCUT2D eigenvalue weighted by Gasteiger charge is 2.27. The maximum absolute atomic E-state index is 11.6. The van der Waals surface area contributed by atoms with E-state index in [4.69, 9.17) is 14.3 Å². The van der Waals surface area contributed by atoms with E-state index < -0.39 is 17.7 Å². The molecule has 1 N–H and O–H groups in total. The van der Waals surface area contributed by atoms with Crippen LogP contribution in [0.5, 0.6) is 5.75 Å². The number of esters is 1. The number of fused-ring (bicyclic) bond motifs is 1. The molecule has 94 valence electrons. The highest BCUT2D eigenvalue weighted by Crippen LogP contribution is 2.33. The molecule has 1 aromatic carbocycles. The molecule has 0 radical (unpaired) electrons. The fraction of sp³-hybridized carbons (Fsp3) is 0.167. The van der Waals surface area contributed by atoms with E-state index in [1.807, 2.05) is 0 Å². The maximum Gasteiger partial charge on any atom is 0.372 e. The first-order valence-corrected chi connectivity index (χ1v) is 5.01. The molecular formula is C12H10O6. The van der Waals surface area contributed by atoms with E-state index in [1.54, 1.807) is 18.2 Å². The lowest BCUT2D eigenvalue weighted by Gasteiger charge is -1.99. The Morgan fingerprint density at radius 1 is 1.28 bits per heavy atom. The molecule has 6 heteroatoms. The fourth-order valence-electron chi connectivity index (χ4n) is 1.71. The highest BCUT2D eigenvalue weighted by molar-refractivity contribution is 6.11. The van der Waals surface area contributed by atoms with Crippen LogP contribution in [0.3, 0.4) is 0 Å². The zero-order valence-electron chi connectivity index (χ0n) is 9.72. The van der Waals surface area contributed by atoms with Gasteiger partial charge in [0.1, 0.15) is 5.56 Å². The first-order valence-electron chi connectivity index (χ1n) is 5.01. The summed E-state index contributed by atoms with van der Waals surface area (Å²) >= 11 is 0. The number of rotatable bonds is 3. The number of carbonyl (C=O) groups is 2. The van der Waals surface area contributed by atoms with Gasteiger partial charge in [-0.1, -0.05) is 6.07 Å². The SMILES string of the molecule is COC(=O)c1c(C(=O)O)oc2c(OC)cccc12. The molecule has 0 aliphatic carbocycles. The Morgan fingerprint density at radius 2 is 2.00 bits per heavy atom. The van der Waals surface area contributed by atoms with Crippen LogP contribution in [-0.4, -0.2) is 31.3 Å². The molecule has 0 atom stereocenters. The molecule has 1 heterocycles. The lowest BCUT2D eigenvalue weighted by atomic mass is 10.1. The molecule has 0 fully saturated rings. The Bertz CT molecular complexity index is 625. The summed E-state index contributed by atoms with van der Waals surface area (Å²) in [5, 5.41) is 9.38. The number of hydrogen-bond acceptors (Lipinski definition) is 5. The maximum atomic E-state index is 11.6. The predicted molar refractivity (Wildman–Crippen MR) is 61.1 cm³/mol. The zero-order chi connectivity index (χ0) is 13.3. The van der Waals surface area contributed by atoms with Crippen LogP contribution in [0.2, 0.25) is 0 Å². The molecule has 2 rings (SSSR count). The van der Waals surface area contributed by atoms with E-state index in [0.29, 0.717) is 11.1 Å². The van der Waals surface area contributed by atoms with E-state index in [9.17, 15) is 9.59 Å². The van der Waals surface area contributed by atoms with E-state index in [1.165, 1.54) is 14.2 Å². The predicted octanol–water partition coefficient (Wildman–Crippen LogP) is 1.93. The van der Waals surface area contributed by atoms with Crippen LogP contribution in [0.15, 0.2) is 22.6 Å². The van der Waals surface area contributed by atoms with Crippen LogP contribution in [-0.2, 0) is 4.74 Å². The Kier molecular flexibility index (Phi) is 2.93. The average molecular weight is 250 g/mol. The quantitative estimate of drug-likeness (QED) is 0.837. The van der Waals surface area contributed by atoms with Crippen molar-refractivity contribution in [2.24, 2.45) is 0 Å². The van der Waals surface area contributed by atoms with E-state index in [2.05, 4.69) is 4.74 Å². The Hall–Kier alpha value is -2.50. The van der Waals surface area contributed by atoms with Gasteiger partial charge in [0.05, 0.1) is 14.2 Å². The first-order chi connectivity index (χ1) is 8.60. The van der Waals surface area contributed by atoms with E-state index in [0.717, 1.165) is 0 Å². The van der Waals surface area contributed by atoms with Gasteiger partial charge in [-0.3, -0.25) is 0 Å².